The molecule has 0 aliphatic rings. The molecular weight excluding hydrogens is 295 g/mol. The zero-order valence-corrected chi connectivity index (χ0v) is 10.7. The van der Waals surface area contributed by atoms with E-state index in [2.05, 4.69) is 19.9 Å². The van der Waals surface area contributed by atoms with Crippen molar-refractivity contribution in [1.82, 2.24) is 10.2 Å². The summed E-state index contributed by atoms with van der Waals surface area (Å²) >= 11 is 0.732. The van der Waals surface area contributed by atoms with Crippen molar-refractivity contribution in [3.05, 3.63) is 36.2 Å². The second-order valence-corrected chi connectivity index (χ2v) is 4.50. The number of nitrogens with zero attached hydrogens (tertiary/aromatic N) is 2. The fraction of sp³-hybridized carbons (Fsp3) is 0.182. The van der Waals surface area contributed by atoms with Crippen LogP contribution in [0.4, 0.5) is 18.9 Å². The van der Waals surface area contributed by atoms with E-state index in [9.17, 15) is 18.0 Å². The lowest BCUT2D eigenvalue weighted by Crippen LogP contribution is -2.13. The summed E-state index contributed by atoms with van der Waals surface area (Å²) in [4.78, 5) is 11.5. The van der Waals surface area contributed by atoms with E-state index in [0.717, 1.165) is 11.8 Å². The van der Waals surface area contributed by atoms with Crippen LogP contribution in [0.1, 0.15) is 5.89 Å². The largest absolute Gasteiger partial charge is 0.470 e. The molecule has 2 aromatic rings. The van der Waals surface area contributed by atoms with Crippen molar-refractivity contribution in [3.8, 4) is 0 Å². The smallest absolute Gasteiger partial charge is 0.408 e. The Morgan fingerprint density at radius 1 is 1.25 bits per heavy atom. The maximum Gasteiger partial charge on any atom is 0.470 e. The minimum Gasteiger partial charge on any atom is -0.408 e. The monoisotopic (exact) mass is 303 g/mol. The van der Waals surface area contributed by atoms with Crippen molar-refractivity contribution in [1.29, 1.82) is 0 Å². The predicted octanol–water partition coefficient (Wildman–Crippen LogP) is 2.82. The number of hydrogen-bond acceptors (Lipinski definition) is 5. The number of rotatable bonds is 4. The molecule has 1 aromatic heterocycles. The third kappa shape index (κ3) is 3.98. The Bertz CT molecular complexity index is 586. The van der Waals surface area contributed by atoms with Crippen molar-refractivity contribution in [2.45, 2.75) is 11.4 Å². The number of thioether (sulfide) groups is 1. The molecule has 9 heteroatoms. The fourth-order valence-corrected chi connectivity index (χ4v) is 1.79. The first-order valence-corrected chi connectivity index (χ1v) is 6.32. The Morgan fingerprint density at radius 2 is 1.95 bits per heavy atom. The van der Waals surface area contributed by atoms with Crippen LogP contribution in [0.3, 0.4) is 0 Å². The number of carbonyl (C=O) groups excluding carboxylic acids is 1. The highest BCUT2D eigenvalue weighted by atomic mass is 32.2. The van der Waals surface area contributed by atoms with E-state index in [1.807, 2.05) is 0 Å². The number of carbonyl (C=O) groups is 1. The Labute approximate surface area is 115 Å². The Balaban J connectivity index is 1.86. The van der Waals surface area contributed by atoms with Gasteiger partial charge in [0.05, 0.1) is 5.75 Å². The number of anilines is 1. The Morgan fingerprint density at radius 3 is 2.55 bits per heavy atom. The number of alkyl halides is 3. The SMILES string of the molecule is O=C(CSc1nnc(C(F)(F)F)o1)Nc1ccccc1. The molecule has 20 heavy (non-hydrogen) atoms. The molecule has 0 aliphatic carbocycles. The molecule has 1 N–H and O–H groups in total. The first-order valence-electron chi connectivity index (χ1n) is 5.33. The van der Waals surface area contributed by atoms with Gasteiger partial charge in [0.25, 0.3) is 5.22 Å². The summed E-state index contributed by atoms with van der Waals surface area (Å²) in [6.45, 7) is 0. The van der Waals surface area contributed by atoms with E-state index in [4.69, 9.17) is 0 Å². The molecule has 1 heterocycles. The van der Waals surface area contributed by atoms with E-state index in [1.54, 1.807) is 30.3 Å². The van der Waals surface area contributed by atoms with E-state index >= 15 is 0 Å². The van der Waals surface area contributed by atoms with Crippen LogP contribution in [0.2, 0.25) is 0 Å². The number of amides is 1. The van der Waals surface area contributed by atoms with Gasteiger partial charge in [0.2, 0.25) is 5.91 Å². The van der Waals surface area contributed by atoms with Gasteiger partial charge in [-0.3, -0.25) is 4.79 Å². The van der Waals surface area contributed by atoms with E-state index in [0.29, 0.717) is 5.69 Å². The highest BCUT2D eigenvalue weighted by molar-refractivity contribution is 7.99. The van der Waals surface area contributed by atoms with Gasteiger partial charge < -0.3 is 9.73 Å². The number of benzene rings is 1. The lowest BCUT2D eigenvalue weighted by molar-refractivity contribution is -0.158. The maximum absolute atomic E-state index is 12.2. The molecule has 1 aromatic carbocycles. The van der Waals surface area contributed by atoms with Crippen molar-refractivity contribution < 1.29 is 22.4 Å². The molecule has 106 valence electrons. The normalized spacial score (nSPS) is 11.3. The van der Waals surface area contributed by atoms with Crippen LogP contribution >= 0.6 is 11.8 Å². The van der Waals surface area contributed by atoms with Crippen molar-refractivity contribution in [2.24, 2.45) is 0 Å². The van der Waals surface area contributed by atoms with Crippen LogP contribution < -0.4 is 5.32 Å². The molecule has 0 atom stereocenters. The molecule has 0 saturated heterocycles. The second kappa shape index (κ2) is 5.95. The standard InChI is InChI=1S/C11H8F3N3O2S/c12-11(13,14)9-16-17-10(19-9)20-6-8(18)15-7-4-2-1-3-5-7/h1-5H,6H2,(H,15,18). The number of aromatic nitrogens is 2. The third-order valence-corrected chi connectivity index (χ3v) is 2.85. The summed E-state index contributed by atoms with van der Waals surface area (Å²) < 4.78 is 41.0. The average molecular weight is 303 g/mol. The van der Waals surface area contributed by atoms with E-state index in [1.165, 1.54) is 0 Å². The van der Waals surface area contributed by atoms with Crippen LogP contribution in [-0.2, 0) is 11.0 Å². The molecule has 2 rings (SSSR count). The zero-order chi connectivity index (χ0) is 14.6. The molecule has 0 fully saturated rings. The molecule has 0 aliphatic heterocycles. The first-order chi connectivity index (χ1) is 9.45. The van der Waals surface area contributed by atoms with Crippen LogP contribution in [0.5, 0.6) is 0 Å². The Hall–Kier alpha value is -2.03. The van der Waals surface area contributed by atoms with Gasteiger partial charge in [-0.1, -0.05) is 30.0 Å². The van der Waals surface area contributed by atoms with E-state index < -0.39 is 12.1 Å². The molecule has 0 radical (unpaired) electrons. The lowest BCUT2D eigenvalue weighted by atomic mass is 10.3. The van der Waals surface area contributed by atoms with Gasteiger partial charge in [-0.05, 0) is 12.1 Å². The van der Waals surface area contributed by atoms with Gasteiger partial charge >= 0.3 is 12.1 Å². The molecule has 0 unspecified atom stereocenters. The van der Waals surface area contributed by atoms with Gasteiger partial charge in [-0.2, -0.15) is 13.2 Å². The Kier molecular flexibility index (Phi) is 4.28. The van der Waals surface area contributed by atoms with Crippen molar-refractivity contribution in [2.75, 3.05) is 11.1 Å². The molecule has 1 amide bonds. The number of halogens is 3. The summed E-state index contributed by atoms with van der Waals surface area (Å²) in [7, 11) is 0. The number of nitrogens with one attached hydrogen (secondary N) is 1. The minimum absolute atomic E-state index is 0.131. The number of hydrogen-bond donors (Lipinski definition) is 1. The van der Waals surface area contributed by atoms with Crippen LogP contribution in [0.25, 0.3) is 0 Å². The van der Waals surface area contributed by atoms with Gasteiger partial charge in [-0.15, -0.1) is 10.2 Å². The molecule has 0 bridgehead atoms. The summed E-state index contributed by atoms with van der Waals surface area (Å²) in [5.41, 5.74) is 0.597. The number of para-hydroxylation sites is 1. The van der Waals surface area contributed by atoms with Gasteiger partial charge in [0.1, 0.15) is 0 Å². The summed E-state index contributed by atoms with van der Waals surface area (Å²) in [5.74, 6) is -1.94. The highest BCUT2D eigenvalue weighted by Crippen LogP contribution is 2.29. The molecular formula is C11H8F3N3O2S. The quantitative estimate of drug-likeness (QED) is 0.880. The lowest BCUT2D eigenvalue weighted by Gasteiger charge is -2.02. The summed E-state index contributed by atoms with van der Waals surface area (Å²) in [5, 5.41) is 8.34. The molecule has 0 saturated carbocycles. The molecule has 0 spiro atoms. The van der Waals surface area contributed by atoms with Crippen molar-refractivity contribution in [3.63, 3.8) is 0 Å². The average Bonchev–Trinajstić information content (AvgIpc) is 2.86. The second-order valence-electron chi connectivity index (χ2n) is 3.57. The van der Waals surface area contributed by atoms with Crippen LogP contribution in [-0.4, -0.2) is 21.9 Å². The topological polar surface area (TPSA) is 68.0 Å². The van der Waals surface area contributed by atoms with Gasteiger partial charge in [0.15, 0.2) is 0 Å². The molecule has 5 nitrogen and oxygen atoms in total. The predicted molar refractivity (Wildman–Crippen MR) is 65.1 cm³/mol. The summed E-state index contributed by atoms with van der Waals surface area (Å²) in [6.07, 6.45) is -4.68. The van der Waals surface area contributed by atoms with E-state index in [-0.39, 0.29) is 16.9 Å². The fourth-order valence-electron chi connectivity index (χ4n) is 1.23. The van der Waals surface area contributed by atoms with Crippen LogP contribution in [0, 0.1) is 0 Å². The highest BCUT2D eigenvalue weighted by Gasteiger charge is 2.38. The van der Waals surface area contributed by atoms with Crippen LogP contribution in [0.15, 0.2) is 40.0 Å². The maximum atomic E-state index is 12.2. The zero-order valence-electron chi connectivity index (χ0n) is 9.85. The van der Waals surface area contributed by atoms with Gasteiger partial charge in [0, 0.05) is 5.69 Å². The summed E-state index contributed by atoms with van der Waals surface area (Å²) in [6, 6.07) is 8.67. The minimum atomic E-state index is -4.68. The van der Waals surface area contributed by atoms with Crippen molar-refractivity contribution >= 4 is 23.4 Å². The van der Waals surface area contributed by atoms with Gasteiger partial charge in [-0.25, -0.2) is 0 Å². The third-order valence-electron chi connectivity index (χ3n) is 2.03. The first kappa shape index (κ1) is 14.4.